The highest BCUT2D eigenvalue weighted by Crippen LogP contribution is 2.37. The van der Waals surface area contributed by atoms with Gasteiger partial charge in [0.2, 0.25) is 0 Å². The van der Waals surface area contributed by atoms with Crippen LogP contribution in [0.3, 0.4) is 0 Å². The molecule has 0 aliphatic carbocycles. The predicted octanol–water partition coefficient (Wildman–Crippen LogP) is 4.76. The van der Waals surface area contributed by atoms with Crippen molar-refractivity contribution < 1.29 is 13.9 Å². The number of methoxy groups -OCH3 is 1. The summed E-state index contributed by atoms with van der Waals surface area (Å²) >= 11 is 0. The van der Waals surface area contributed by atoms with Gasteiger partial charge in [-0.2, -0.15) is 0 Å². The van der Waals surface area contributed by atoms with Gasteiger partial charge in [-0.05, 0) is 21.5 Å². The molecule has 1 heterocycles. The second-order valence-electron chi connectivity index (χ2n) is 9.40. The monoisotopic (exact) mass is 424 g/mol. The molecule has 1 aliphatic rings. The Morgan fingerprint density at radius 3 is 1.93 bits per heavy atom. The fourth-order valence-electron chi connectivity index (χ4n) is 4.60. The molecule has 2 aromatic rings. The molecule has 3 rings (SSSR count). The maximum absolute atomic E-state index is 7.09. The van der Waals surface area contributed by atoms with Crippen molar-refractivity contribution >= 4 is 18.7 Å². The van der Waals surface area contributed by atoms with Crippen molar-refractivity contribution in [3.63, 3.8) is 0 Å². The van der Waals surface area contributed by atoms with Gasteiger partial charge in [0.25, 0.3) is 8.32 Å². The smallest absolute Gasteiger partial charge is 0.261 e. The van der Waals surface area contributed by atoms with Crippen LogP contribution in [0, 0.1) is 11.8 Å². The lowest BCUT2D eigenvalue weighted by molar-refractivity contribution is -0.160. The van der Waals surface area contributed by atoms with Gasteiger partial charge < -0.3 is 13.9 Å². The molecule has 0 bridgehead atoms. The largest absolute Gasteiger partial charge is 0.407 e. The van der Waals surface area contributed by atoms with Crippen LogP contribution in [0.5, 0.6) is 0 Å². The molecule has 0 N–H and O–H groups in total. The Labute approximate surface area is 183 Å². The normalized spacial score (nSPS) is 23.3. The molecular weight excluding hydrogens is 388 g/mol. The van der Waals surface area contributed by atoms with Gasteiger partial charge >= 0.3 is 0 Å². The maximum Gasteiger partial charge on any atom is 0.261 e. The van der Waals surface area contributed by atoms with Gasteiger partial charge in [0, 0.05) is 25.6 Å². The van der Waals surface area contributed by atoms with Crippen LogP contribution in [0.4, 0.5) is 0 Å². The van der Waals surface area contributed by atoms with Gasteiger partial charge in [0.05, 0.1) is 6.10 Å². The molecule has 0 aromatic heterocycles. The summed E-state index contributed by atoms with van der Waals surface area (Å²) in [6, 6.07) is 21.6. The van der Waals surface area contributed by atoms with Gasteiger partial charge in [-0.1, -0.05) is 101 Å². The molecule has 4 atom stereocenters. The van der Waals surface area contributed by atoms with E-state index in [1.54, 1.807) is 7.11 Å². The molecule has 0 saturated heterocycles. The van der Waals surface area contributed by atoms with E-state index in [9.17, 15) is 0 Å². The summed E-state index contributed by atoms with van der Waals surface area (Å²) in [6.07, 6.45) is 3.98. The van der Waals surface area contributed by atoms with Crippen LogP contribution in [0.25, 0.3) is 0 Å². The molecule has 3 nitrogen and oxygen atoms in total. The Morgan fingerprint density at radius 2 is 1.47 bits per heavy atom. The van der Waals surface area contributed by atoms with Gasteiger partial charge in [-0.15, -0.1) is 0 Å². The average molecular weight is 425 g/mol. The van der Waals surface area contributed by atoms with Crippen molar-refractivity contribution in [3.8, 4) is 0 Å². The van der Waals surface area contributed by atoms with Crippen molar-refractivity contribution in [2.24, 2.45) is 11.8 Å². The second-order valence-corrected chi connectivity index (χ2v) is 13.7. The minimum absolute atomic E-state index is 0.0244. The Balaban J connectivity index is 1.95. The third-order valence-corrected chi connectivity index (χ3v) is 11.2. The highest BCUT2D eigenvalue weighted by molar-refractivity contribution is 6.99. The van der Waals surface area contributed by atoms with Crippen LogP contribution >= 0.6 is 0 Å². The molecular formula is C26H36O3Si. The lowest BCUT2D eigenvalue weighted by Gasteiger charge is -2.44. The molecule has 0 saturated carbocycles. The first-order valence-corrected chi connectivity index (χ1v) is 12.8. The van der Waals surface area contributed by atoms with E-state index in [-0.39, 0.29) is 23.4 Å². The number of hydrogen-bond acceptors (Lipinski definition) is 3. The number of ether oxygens (including phenoxy) is 2. The summed E-state index contributed by atoms with van der Waals surface area (Å²) in [4.78, 5) is 0. The van der Waals surface area contributed by atoms with E-state index in [1.165, 1.54) is 10.4 Å². The van der Waals surface area contributed by atoms with E-state index in [2.05, 4.69) is 101 Å². The SMILES string of the molecule is CO[C@H]1C=C[C@H](C)[C@H]([C@@H](C)CO[Si](c2ccccc2)(c2ccccc2)C(C)(C)C)O1. The van der Waals surface area contributed by atoms with Crippen LogP contribution in [-0.2, 0) is 13.9 Å². The van der Waals surface area contributed by atoms with Gasteiger partial charge in [-0.25, -0.2) is 0 Å². The number of rotatable bonds is 7. The van der Waals surface area contributed by atoms with Crippen molar-refractivity contribution in [2.45, 2.75) is 52.1 Å². The molecule has 162 valence electrons. The molecule has 4 heteroatoms. The molecule has 0 unspecified atom stereocenters. The third kappa shape index (κ3) is 4.62. The van der Waals surface area contributed by atoms with Crippen LogP contribution in [0.2, 0.25) is 5.04 Å². The maximum atomic E-state index is 7.09. The summed E-state index contributed by atoms with van der Waals surface area (Å²) in [5.74, 6) is 0.568. The third-order valence-electron chi connectivity index (χ3n) is 6.15. The Hall–Kier alpha value is -1.72. The first-order chi connectivity index (χ1) is 14.3. The summed E-state index contributed by atoms with van der Waals surface area (Å²) in [5, 5.41) is 2.59. The van der Waals surface area contributed by atoms with E-state index in [1.807, 2.05) is 6.08 Å². The van der Waals surface area contributed by atoms with E-state index in [4.69, 9.17) is 13.9 Å². The zero-order valence-corrected chi connectivity index (χ0v) is 20.2. The Bertz CT molecular complexity index is 774. The van der Waals surface area contributed by atoms with E-state index >= 15 is 0 Å². The average Bonchev–Trinajstić information content (AvgIpc) is 2.75. The molecule has 1 aliphatic heterocycles. The predicted molar refractivity (Wildman–Crippen MR) is 127 cm³/mol. The lowest BCUT2D eigenvalue weighted by atomic mass is 9.92. The molecule has 0 spiro atoms. The molecule has 0 radical (unpaired) electrons. The van der Waals surface area contributed by atoms with Crippen LogP contribution in [0.15, 0.2) is 72.8 Å². The zero-order chi connectivity index (χ0) is 21.8. The topological polar surface area (TPSA) is 27.7 Å². The van der Waals surface area contributed by atoms with Crippen LogP contribution in [-0.4, -0.2) is 34.4 Å². The first-order valence-electron chi connectivity index (χ1n) is 10.9. The van der Waals surface area contributed by atoms with E-state index < -0.39 is 8.32 Å². The van der Waals surface area contributed by atoms with Crippen molar-refractivity contribution in [1.29, 1.82) is 0 Å². The highest BCUT2D eigenvalue weighted by atomic mass is 28.4. The van der Waals surface area contributed by atoms with Crippen molar-refractivity contribution in [3.05, 3.63) is 72.8 Å². The standard InChI is InChI=1S/C26H36O3Si/c1-20-17-18-24(27-6)29-25(20)21(2)19-28-30(26(3,4)5,22-13-9-7-10-14-22)23-15-11-8-12-16-23/h7-18,20-21,24-25H,19H2,1-6H3/t20-,21-,24+,25+/m0/s1. The van der Waals surface area contributed by atoms with E-state index in [0.717, 1.165) is 0 Å². The number of hydrogen-bond donors (Lipinski definition) is 0. The fourth-order valence-corrected chi connectivity index (χ4v) is 9.27. The van der Waals surface area contributed by atoms with E-state index in [0.29, 0.717) is 12.5 Å². The Kier molecular flexibility index (Phi) is 7.35. The van der Waals surface area contributed by atoms with Crippen molar-refractivity contribution in [1.82, 2.24) is 0 Å². The summed E-state index contributed by atoms with van der Waals surface area (Å²) in [6.45, 7) is 12.0. The van der Waals surface area contributed by atoms with Gasteiger partial charge in [-0.3, -0.25) is 0 Å². The minimum atomic E-state index is -2.53. The number of benzene rings is 2. The van der Waals surface area contributed by atoms with Gasteiger partial charge in [0.15, 0.2) is 6.29 Å². The second kappa shape index (κ2) is 9.61. The van der Waals surface area contributed by atoms with Crippen molar-refractivity contribution in [2.75, 3.05) is 13.7 Å². The minimum Gasteiger partial charge on any atom is -0.407 e. The summed E-state index contributed by atoms with van der Waals surface area (Å²) < 4.78 is 18.7. The summed E-state index contributed by atoms with van der Waals surface area (Å²) in [5.41, 5.74) is 0. The highest BCUT2D eigenvalue weighted by Gasteiger charge is 2.50. The van der Waals surface area contributed by atoms with Crippen LogP contribution in [0.1, 0.15) is 34.6 Å². The summed E-state index contributed by atoms with van der Waals surface area (Å²) in [7, 11) is -0.842. The fraction of sp³-hybridized carbons (Fsp3) is 0.462. The van der Waals surface area contributed by atoms with Gasteiger partial charge in [0.1, 0.15) is 0 Å². The zero-order valence-electron chi connectivity index (χ0n) is 19.2. The Morgan fingerprint density at radius 1 is 0.933 bits per heavy atom. The lowest BCUT2D eigenvalue weighted by Crippen LogP contribution is -2.67. The molecule has 2 aromatic carbocycles. The van der Waals surface area contributed by atoms with Crippen LogP contribution < -0.4 is 10.4 Å². The first kappa shape index (κ1) is 23.0. The molecule has 30 heavy (non-hydrogen) atoms. The molecule has 0 fully saturated rings. The quantitative estimate of drug-likeness (QED) is 0.474. The molecule has 0 amide bonds.